The summed E-state index contributed by atoms with van der Waals surface area (Å²) in [6.45, 7) is 0. The molecule has 0 saturated heterocycles. The Morgan fingerprint density at radius 3 is 0.486 bits per heavy atom. The molecule has 0 unspecified atom stereocenters. The Morgan fingerprint density at radius 2 is 0.343 bits per heavy atom. The molecule has 0 aromatic heterocycles. The van der Waals surface area contributed by atoms with Gasteiger partial charge < -0.3 is 0 Å². The van der Waals surface area contributed by atoms with Crippen molar-refractivity contribution in [3.8, 4) is 0 Å². The maximum absolute atomic E-state index is 14.4. The van der Waals surface area contributed by atoms with Crippen LogP contribution < -0.4 is 15.9 Å². The second-order valence-electron chi connectivity index (χ2n) is 6.21. The molecule has 0 nitrogen and oxygen atoms in total. The third kappa shape index (κ3) is 4.21. The molecule has 0 aliphatic heterocycles. The molecule has 17 heteroatoms. The van der Waals surface area contributed by atoms with Crippen LogP contribution in [0.4, 0.5) is 65.9 Å². The minimum Gasteiger partial charge on any atom is -0.200 e. The maximum Gasteiger partial charge on any atom is 0.207 e. The van der Waals surface area contributed by atoms with Gasteiger partial charge in [0, 0.05) is 22.4 Å². The standard InChI is InChI=1S/C18F15P.Ag/c19-1-4(22)10(28)16(11(29)5(1)23)34(17-12(30)6(24)2(20)7(25)13(17)31)18-14(32)8(26)3(21)9(27)15(18)33;/p+1. The van der Waals surface area contributed by atoms with Gasteiger partial charge in [-0.05, 0) is 0 Å². The van der Waals surface area contributed by atoms with Gasteiger partial charge in [-0.25, -0.2) is 39.5 Å². The quantitative estimate of drug-likeness (QED) is 0.121. The van der Waals surface area contributed by atoms with Crippen molar-refractivity contribution >= 4 is 23.8 Å². The van der Waals surface area contributed by atoms with E-state index in [2.05, 4.69) is 0 Å². The fourth-order valence-corrected chi connectivity index (χ4v) is 5.57. The van der Waals surface area contributed by atoms with E-state index in [0.717, 1.165) is 0 Å². The minimum atomic E-state index is -5.43. The van der Waals surface area contributed by atoms with E-state index in [4.69, 9.17) is 0 Å². The molecule has 0 atom stereocenters. The van der Waals surface area contributed by atoms with Crippen LogP contribution in [-0.4, -0.2) is 0 Å². The fourth-order valence-electron chi connectivity index (χ4n) is 2.85. The third-order valence-corrected chi connectivity index (χ3v) is 7.20. The monoisotopic (exact) mass is 640 g/mol. The van der Waals surface area contributed by atoms with Gasteiger partial charge in [-0.2, -0.15) is 26.3 Å². The summed E-state index contributed by atoms with van der Waals surface area (Å²) in [5, 5.41) is -7.73. The van der Waals surface area contributed by atoms with Crippen LogP contribution in [0.15, 0.2) is 0 Å². The summed E-state index contributed by atoms with van der Waals surface area (Å²) in [5.74, 6) is -44.8. The van der Waals surface area contributed by atoms with Crippen LogP contribution in [0.2, 0.25) is 0 Å². The maximum atomic E-state index is 14.4. The zero-order valence-corrected chi connectivity index (χ0v) is 18.0. The fraction of sp³-hybridized carbons (Fsp3) is 0. The van der Waals surface area contributed by atoms with Crippen LogP contribution in [0.5, 0.6) is 0 Å². The number of hydrogen-bond acceptors (Lipinski definition) is 0. The smallest absolute Gasteiger partial charge is 0.200 e. The van der Waals surface area contributed by atoms with Crippen molar-refractivity contribution < 1.29 is 88.2 Å². The first-order valence-electron chi connectivity index (χ1n) is 8.08. The molecule has 0 N–H and O–H groups in total. The predicted molar refractivity (Wildman–Crippen MR) is 85.9 cm³/mol. The Morgan fingerprint density at radius 1 is 0.229 bits per heavy atom. The van der Waals surface area contributed by atoms with Crippen molar-refractivity contribution in [1.82, 2.24) is 0 Å². The Labute approximate surface area is 199 Å². The topological polar surface area (TPSA) is 0 Å². The zero-order chi connectivity index (χ0) is 26.0. The molecular weight excluding hydrogens is 640 g/mol. The Kier molecular flexibility index (Phi) is 8.32. The van der Waals surface area contributed by atoms with Gasteiger partial charge in [-0.15, -0.1) is 0 Å². The van der Waals surface area contributed by atoms with Gasteiger partial charge in [0.25, 0.3) is 0 Å². The molecular formula is C18HAgF15P+. The van der Waals surface area contributed by atoms with Crippen molar-refractivity contribution in [2.75, 3.05) is 0 Å². The van der Waals surface area contributed by atoms with E-state index in [1.807, 2.05) is 0 Å². The van der Waals surface area contributed by atoms with Crippen molar-refractivity contribution in [3.63, 3.8) is 0 Å². The number of benzene rings is 3. The molecule has 0 amide bonds. The molecule has 0 bridgehead atoms. The van der Waals surface area contributed by atoms with Crippen LogP contribution >= 0.6 is 7.92 Å². The molecule has 0 heterocycles. The molecule has 3 aromatic carbocycles. The second kappa shape index (κ2) is 10.0. The van der Waals surface area contributed by atoms with E-state index in [0.29, 0.717) is 0 Å². The Bertz CT molecular complexity index is 1120. The van der Waals surface area contributed by atoms with Gasteiger partial charge in [0.15, 0.2) is 15.9 Å². The molecule has 1 radical (unpaired) electrons. The van der Waals surface area contributed by atoms with Gasteiger partial charge in [-0.1, -0.05) is 0 Å². The van der Waals surface area contributed by atoms with Crippen LogP contribution in [0.25, 0.3) is 0 Å². The molecule has 0 aliphatic carbocycles. The molecule has 35 heavy (non-hydrogen) atoms. The van der Waals surface area contributed by atoms with E-state index in [1.165, 1.54) is 0 Å². The van der Waals surface area contributed by atoms with Crippen molar-refractivity contribution in [2.45, 2.75) is 0 Å². The largest absolute Gasteiger partial charge is 0.207 e. The zero-order valence-electron chi connectivity index (χ0n) is 15.5. The average molecular weight is 641 g/mol. The van der Waals surface area contributed by atoms with Gasteiger partial charge in [0.1, 0.15) is 7.92 Å². The second-order valence-corrected chi connectivity index (χ2v) is 8.46. The normalized spacial score (nSPS) is 11.3. The van der Waals surface area contributed by atoms with Gasteiger partial charge in [0.05, 0.1) is 0 Å². The van der Waals surface area contributed by atoms with E-state index in [9.17, 15) is 65.9 Å². The SMILES string of the molecule is Fc1c(F)c(F)c([PH+](c2c(F)c(F)c(F)c(F)c2F)c2c(F)c(F)c(F)c(F)c2F)c(F)c1F.[Ag]. The first kappa shape index (κ1) is 29.0. The van der Waals surface area contributed by atoms with Crippen molar-refractivity contribution in [1.29, 1.82) is 0 Å². The summed E-state index contributed by atoms with van der Waals surface area (Å²) in [4.78, 5) is 0. The number of halogens is 15. The third-order valence-electron chi connectivity index (χ3n) is 4.38. The van der Waals surface area contributed by atoms with Crippen molar-refractivity contribution in [3.05, 3.63) is 87.3 Å². The van der Waals surface area contributed by atoms with Crippen LogP contribution in [-0.2, 0) is 22.4 Å². The van der Waals surface area contributed by atoms with E-state index >= 15 is 0 Å². The average Bonchev–Trinajstić information content (AvgIpc) is 2.81. The van der Waals surface area contributed by atoms with E-state index < -0.39 is 111 Å². The minimum absolute atomic E-state index is 0. The van der Waals surface area contributed by atoms with Gasteiger partial charge in [-0.3, -0.25) is 0 Å². The number of rotatable bonds is 3. The van der Waals surface area contributed by atoms with Crippen LogP contribution in [0, 0.1) is 87.3 Å². The van der Waals surface area contributed by atoms with Crippen LogP contribution in [0.1, 0.15) is 0 Å². The van der Waals surface area contributed by atoms with E-state index in [1.54, 1.807) is 0 Å². The molecule has 3 rings (SSSR count). The Hall–Kier alpha value is -2.22. The van der Waals surface area contributed by atoms with Gasteiger partial charge >= 0.3 is 0 Å². The predicted octanol–water partition coefficient (Wildman–Crippen LogP) is 5.26. The summed E-state index contributed by atoms with van der Waals surface area (Å²) >= 11 is 0. The first-order chi connectivity index (χ1) is 15.7. The van der Waals surface area contributed by atoms with Crippen LogP contribution in [0.3, 0.4) is 0 Å². The summed E-state index contributed by atoms with van der Waals surface area (Å²) in [5.41, 5.74) is 0. The molecule has 193 valence electrons. The van der Waals surface area contributed by atoms with Crippen molar-refractivity contribution in [2.24, 2.45) is 0 Å². The summed E-state index contributed by atoms with van der Waals surface area (Å²) < 4.78 is 209. The molecule has 0 spiro atoms. The molecule has 0 fully saturated rings. The Balaban J connectivity index is 0.00000432. The summed E-state index contributed by atoms with van der Waals surface area (Å²) in [6, 6.07) is 0. The van der Waals surface area contributed by atoms with Gasteiger partial charge in [0.2, 0.25) is 87.3 Å². The van der Waals surface area contributed by atoms with E-state index in [-0.39, 0.29) is 22.4 Å². The molecule has 0 saturated carbocycles. The first-order valence-corrected chi connectivity index (χ1v) is 9.58. The molecule has 0 aliphatic rings. The summed E-state index contributed by atoms with van der Waals surface area (Å²) in [7, 11) is -5.43. The number of hydrogen-bond donors (Lipinski definition) is 0. The summed E-state index contributed by atoms with van der Waals surface area (Å²) in [6.07, 6.45) is 0. The molecule has 3 aromatic rings.